The Labute approximate surface area is 192 Å². The molecule has 0 aliphatic carbocycles. The van der Waals surface area contributed by atoms with Crippen molar-refractivity contribution in [1.29, 1.82) is 0 Å². The first kappa shape index (κ1) is 23.7. The monoisotopic (exact) mass is 473 g/mol. The number of sulfonamides is 1. The van der Waals surface area contributed by atoms with Gasteiger partial charge >= 0.3 is 0 Å². The minimum absolute atomic E-state index is 0.0294. The van der Waals surface area contributed by atoms with Crippen molar-refractivity contribution in [3.63, 3.8) is 0 Å². The van der Waals surface area contributed by atoms with E-state index in [1.807, 2.05) is 0 Å². The van der Waals surface area contributed by atoms with Crippen LogP contribution in [0.4, 0.5) is 5.69 Å². The number of hydrogen-bond acceptors (Lipinski definition) is 5. The number of aromatic nitrogens is 1. The maximum atomic E-state index is 13.5. The topological polar surface area (TPSA) is 99.6 Å². The molecule has 32 heavy (non-hydrogen) atoms. The largest absolute Gasteiger partial charge is 0.394 e. The van der Waals surface area contributed by atoms with E-state index in [2.05, 4.69) is 10.3 Å². The summed E-state index contributed by atoms with van der Waals surface area (Å²) in [6, 6.07) is 16.2. The van der Waals surface area contributed by atoms with Gasteiger partial charge in [-0.1, -0.05) is 29.8 Å². The Hall–Kier alpha value is -2.94. The van der Waals surface area contributed by atoms with Gasteiger partial charge in [0.2, 0.25) is 0 Å². The van der Waals surface area contributed by atoms with Crippen LogP contribution < -0.4 is 9.62 Å². The lowest BCUT2D eigenvalue weighted by molar-refractivity contribution is 0.0869. The molecule has 0 atom stereocenters. The number of benzene rings is 2. The third-order valence-electron chi connectivity index (χ3n) is 4.71. The summed E-state index contributed by atoms with van der Waals surface area (Å²) in [5, 5.41) is 12.7. The molecule has 1 heterocycles. The summed E-state index contributed by atoms with van der Waals surface area (Å²) in [5.41, 5.74) is 0.487. The number of pyridine rings is 1. The first-order chi connectivity index (χ1) is 15.1. The zero-order valence-corrected chi connectivity index (χ0v) is 19.3. The van der Waals surface area contributed by atoms with Crippen molar-refractivity contribution in [2.24, 2.45) is 0 Å². The summed E-state index contributed by atoms with van der Waals surface area (Å²) >= 11 is 5.97. The molecule has 0 radical (unpaired) electrons. The normalized spacial score (nSPS) is 11.8. The van der Waals surface area contributed by atoms with Crippen molar-refractivity contribution in [3.8, 4) is 0 Å². The summed E-state index contributed by atoms with van der Waals surface area (Å²) in [6.45, 7) is 3.17. The molecule has 9 heteroatoms. The Balaban J connectivity index is 2.04. The fraction of sp³-hybridized carbons (Fsp3) is 0.217. The first-order valence-corrected chi connectivity index (χ1v) is 11.6. The van der Waals surface area contributed by atoms with Crippen LogP contribution in [0.2, 0.25) is 5.02 Å². The number of anilines is 1. The molecule has 2 aromatic carbocycles. The predicted octanol–water partition coefficient (Wildman–Crippen LogP) is 3.63. The van der Waals surface area contributed by atoms with Crippen LogP contribution in [0.25, 0.3) is 0 Å². The Morgan fingerprint density at radius 3 is 2.47 bits per heavy atom. The second kappa shape index (κ2) is 9.68. The molecule has 0 spiro atoms. The molecule has 3 rings (SSSR count). The number of nitrogens with zero attached hydrogens (tertiary/aromatic N) is 2. The molecule has 3 aromatic rings. The van der Waals surface area contributed by atoms with Crippen LogP contribution in [0, 0.1) is 0 Å². The van der Waals surface area contributed by atoms with Crippen LogP contribution in [-0.4, -0.2) is 36.6 Å². The highest BCUT2D eigenvalue weighted by Crippen LogP contribution is 2.27. The van der Waals surface area contributed by atoms with Gasteiger partial charge in [-0.05, 0) is 61.9 Å². The minimum atomic E-state index is -3.98. The quantitative estimate of drug-likeness (QED) is 0.520. The number of nitrogens with one attached hydrogen (secondary N) is 1. The van der Waals surface area contributed by atoms with Gasteiger partial charge in [0.1, 0.15) is 4.90 Å². The summed E-state index contributed by atoms with van der Waals surface area (Å²) in [7, 11) is -3.98. The van der Waals surface area contributed by atoms with Crippen LogP contribution in [0.1, 0.15) is 29.8 Å². The van der Waals surface area contributed by atoms with E-state index in [-0.39, 0.29) is 23.6 Å². The average molecular weight is 474 g/mol. The molecule has 0 aliphatic rings. The molecular formula is C23H24ClN3O4S. The van der Waals surface area contributed by atoms with Crippen molar-refractivity contribution in [2.75, 3.05) is 10.9 Å². The molecule has 168 valence electrons. The van der Waals surface area contributed by atoms with E-state index in [1.165, 1.54) is 28.8 Å². The highest BCUT2D eigenvalue weighted by Gasteiger charge is 2.27. The lowest BCUT2D eigenvalue weighted by Crippen LogP contribution is -2.46. The maximum Gasteiger partial charge on any atom is 0.266 e. The van der Waals surface area contributed by atoms with Crippen molar-refractivity contribution in [3.05, 3.63) is 89.2 Å². The van der Waals surface area contributed by atoms with Gasteiger partial charge in [0.25, 0.3) is 15.9 Å². The SMILES string of the molecule is CC(C)(CO)NC(=O)c1cccc(N(Cc2ccc(Cl)cc2)S(=O)(=O)c2cccnc2)c1. The van der Waals surface area contributed by atoms with E-state index in [4.69, 9.17) is 11.6 Å². The fourth-order valence-electron chi connectivity index (χ4n) is 2.92. The molecule has 0 saturated heterocycles. The second-order valence-corrected chi connectivity index (χ2v) is 10.2. The van der Waals surface area contributed by atoms with Gasteiger partial charge < -0.3 is 10.4 Å². The van der Waals surface area contributed by atoms with E-state index in [0.29, 0.717) is 10.7 Å². The third-order valence-corrected chi connectivity index (χ3v) is 6.71. The number of amides is 1. The van der Waals surface area contributed by atoms with Gasteiger partial charge in [0.15, 0.2) is 0 Å². The molecule has 0 aliphatic heterocycles. The van der Waals surface area contributed by atoms with Crippen molar-refractivity contribution in [2.45, 2.75) is 30.8 Å². The molecule has 0 unspecified atom stereocenters. The maximum absolute atomic E-state index is 13.5. The van der Waals surface area contributed by atoms with Gasteiger partial charge in [0.05, 0.1) is 24.4 Å². The molecule has 0 saturated carbocycles. The van der Waals surface area contributed by atoms with Crippen molar-refractivity contribution >= 4 is 33.2 Å². The molecule has 7 nitrogen and oxygen atoms in total. The van der Waals surface area contributed by atoms with Gasteiger partial charge in [-0.3, -0.25) is 14.1 Å². The Bertz CT molecular complexity index is 1180. The molecule has 2 N–H and O–H groups in total. The van der Waals surface area contributed by atoms with Crippen molar-refractivity contribution in [1.82, 2.24) is 10.3 Å². The second-order valence-electron chi connectivity index (χ2n) is 7.87. The molecular weight excluding hydrogens is 450 g/mol. The van der Waals surface area contributed by atoms with Gasteiger partial charge in [-0.2, -0.15) is 0 Å². The predicted molar refractivity (Wildman–Crippen MR) is 124 cm³/mol. The molecule has 1 amide bonds. The number of aliphatic hydroxyl groups excluding tert-OH is 1. The smallest absolute Gasteiger partial charge is 0.266 e. The summed E-state index contributed by atoms with van der Waals surface area (Å²) in [5.74, 6) is -0.420. The van der Waals surface area contributed by atoms with E-state index in [0.717, 1.165) is 5.56 Å². The summed E-state index contributed by atoms with van der Waals surface area (Å²) in [6.07, 6.45) is 2.78. The van der Waals surface area contributed by atoms with E-state index < -0.39 is 21.5 Å². The average Bonchev–Trinajstić information content (AvgIpc) is 2.79. The highest BCUT2D eigenvalue weighted by atomic mass is 35.5. The third kappa shape index (κ3) is 5.64. The van der Waals surface area contributed by atoms with E-state index >= 15 is 0 Å². The van der Waals surface area contributed by atoms with E-state index in [1.54, 1.807) is 62.4 Å². The lowest BCUT2D eigenvalue weighted by Gasteiger charge is -2.26. The number of aliphatic hydroxyl groups is 1. The standard InChI is InChI=1S/C23H24ClN3O4S/c1-23(2,16-28)26-22(29)18-5-3-6-20(13-18)27(15-17-8-10-19(24)11-9-17)32(30,31)21-7-4-12-25-14-21/h3-14,28H,15-16H2,1-2H3,(H,26,29). The number of carbonyl (C=O) groups is 1. The van der Waals surface area contributed by atoms with Crippen LogP contribution in [-0.2, 0) is 16.6 Å². The van der Waals surface area contributed by atoms with E-state index in [9.17, 15) is 18.3 Å². The highest BCUT2D eigenvalue weighted by molar-refractivity contribution is 7.92. The lowest BCUT2D eigenvalue weighted by atomic mass is 10.1. The van der Waals surface area contributed by atoms with Crippen LogP contribution >= 0.6 is 11.6 Å². The fourth-order valence-corrected chi connectivity index (χ4v) is 4.45. The Morgan fingerprint density at radius 1 is 1.12 bits per heavy atom. The molecule has 1 aromatic heterocycles. The number of rotatable bonds is 8. The minimum Gasteiger partial charge on any atom is -0.394 e. The van der Waals surface area contributed by atoms with Gasteiger partial charge in [-0.25, -0.2) is 8.42 Å². The van der Waals surface area contributed by atoms with Gasteiger partial charge in [0, 0.05) is 23.0 Å². The molecule has 0 fully saturated rings. The first-order valence-electron chi connectivity index (χ1n) is 9.83. The van der Waals surface area contributed by atoms with Crippen LogP contribution in [0.5, 0.6) is 0 Å². The number of carbonyl (C=O) groups excluding carboxylic acids is 1. The zero-order chi connectivity index (χ0) is 23.4. The zero-order valence-electron chi connectivity index (χ0n) is 17.7. The Kier molecular flexibility index (Phi) is 7.18. The van der Waals surface area contributed by atoms with Gasteiger partial charge in [-0.15, -0.1) is 0 Å². The summed E-state index contributed by atoms with van der Waals surface area (Å²) in [4.78, 5) is 16.7. The summed E-state index contributed by atoms with van der Waals surface area (Å²) < 4.78 is 28.2. The van der Waals surface area contributed by atoms with Crippen molar-refractivity contribution < 1.29 is 18.3 Å². The van der Waals surface area contributed by atoms with Crippen LogP contribution in [0.3, 0.4) is 0 Å². The number of halogens is 1. The molecule has 0 bridgehead atoms. The number of hydrogen-bond donors (Lipinski definition) is 2. The Morgan fingerprint density at radius 2 is 1.84 bits per heavy atom. The van der Waals surface area contributed by atoms with Crippen LogP contribution in [0.15, 0.2) is 78.0 Å².